The predicted octanol–water partition coefficient (Wildman–Crippen LogP) is -0.129. The van der Waals surface area contributed by atoms with E-state index in [1.165, 1.54) is 31.3 Å². The predicted molar refractivity (Wildman–Crippen MR) is 107 cm³/mol. The highest BCUT2D eigenvalue weighted by Crippen LogP contribution is 2.12. The molecule has 1 aliphatic rings. The number of likely N-dealkylation sites (N-methyl/N-ethyl adjacent to an activating group) is 1. The zero-order valence-corrected chi connectivity index (χ0v) is 16.9. The molecule has 0 aliphatic carbocycles. The van der Waals surface area contributed by atoms with Crippen LogP contribution in [-0.4, -0.2) is 77.3 Å². The van der Waals surface area contributed by atoms with Gasteiger partial charge in [-0.1, -0.05) is 6.07 Å². The molecule has 0 unspecified atom stereocenters. The Balaban J connectivity index is 1.54. The summed E-state index contributed by atoms with van der Waals surface area (Å²) in [4.78, 5) is 40.2. The van der Waals surface area contributed by atoms with E-state index in [9.17, 15) is 18.8 Å². The maximum absolute atomic E-state index is 13.1. The molecule has 2 amide bonds. The van der Waals surface area contributed by atoms with E-state index < -0.39 is 11.9 Å². The van der Waals surface area contributed by atoms with Crippen LogP contribution in [0.2, 0.25) is 0 Å². The van der Waals surface area contributed by atoms with Crippen LogP contribution < -0.4 is 15.6 Å². The zero-order valence-electron chi connectivity index (χ0n) is 16.9. The van der Waals surface area contributed by atoms with Crippen molar-refractivity contribution in [2.75, 3.05) is 39.8 Å². The maximum atomic E-state index is 13.1. The number of nitrogens with one attached hydrogen (secondary N) is 1. The number of carbonyl (C=O) groups excluding carboxylic acids is 2. The van der Waals surface area contributed by atoms with Crippen LogP contribution in [0.5, 0.6) is 5.75 Å². The third-order valence-electron chi connectivity index (χ3n) is 4.88. The molecule has 0 bridgehead atoms. The standard InChI is InChI=1S/C20H24FN5O4/c1-24-9-10-26(20(29)16-6-7-18(27)25(2)23-16)13-17(24)19(28)22-8-11-30-15-5-3-4-14(21)12-15/h3-7,12,17H,8-11,13H2,1-2H3,(H,22,28)/t17-/m0/s1. The van der Waals surface area contributed by atoms with Crippen LogP contribution in [-0.2, 0) is 11.8 Å². The van der Waals surface area contributed by atoms with Crippen molar-refractivity contribution in [3.8, 4) is 5.75 Å². The van der Waals surface area contributed by atoms with E-state index >= 15 is 0 Å². The van der Waals surface area contributed by atoms with Gasteiger partial charge in [0.05, 0.1) is 6.54 Å². The first-order valence-electron chi connectivity index (χ1n) is 9.55. The van der Waals surface area contributed by atoms with Gasteiger partial charge in [-0.3, -0.25) is 19.3 Å². The number of halogens is 1. The van der Waals surface area contributed by atoms with Crippen molar-refractivity contribution in [1.82, 2.24) is 24.9 Å². The number of benzene rings is 1. The van der Waals surface area contributed by atoms with Crippen molar-refractivity contribution < 1.29 is 18.7 Å². The van der Waals surface area contributed by atoms with Crippen LogP contribution in [0, 0.1) is 5.82 Å². The molecule has 1 aromatic carbocycles. The van der Waals surface area contributed by atoms with E-state index in [2.05, 4.69) is 10.4 Å². The van der Waals surface area contributed by atoms with Gasteiger partial charge in [0.25, 0.3) is 11.5 Å². The lowest BCUT2D eigenvalue weighted by Gasteiger charge is -2.38. The maximum Gasteiger partial charge on any atom is 0.274 e. The summed E-state index contributed by atoms with van der Waals surface area (Å²) in [6, 6.07) is 7.94. The fraction of sp³-hybridized carbons (Fsp3) is 0.400. The summed E-state index contributed by atoms with van der Waals surface area (Å²) in [5.74, 6) is -0.559. The van der Waals surface area contributed by atoms with Gasteiger partial charge in [-0.25, -0.2) is 9.07 Å². The van der Waals surface area contributed by atoms with Crippen LogP contribution in [0.4, 0.5) is 4.39 Å². The van der Waals surface area contributed by atoms with E-state index in [0.717, 1.165) is 4.68 Å². The number of piperazine rings is 1. The second-order valence-electron chi connectivity index (χ2n) is 7.02. The quantitative estimate of drug-likeness (QED) is 0.658. The summed E-state index contributed by atoms with van der Waals surface area (Å²) in [6.45, 7) is 1.62. The summed E-state index contributed by atoms with van der Waals surface area (Å²) in [7, 11) is 3.30. The number of hydrogen-bond donors (Lipinski definition) is 1. The largest absolute Gasteiger partial charge is 0.492 e. The molecule has 1 N–H and O–H groups in total. The summed E-state index contributed by atoms with van der Waals surface area (Å²) >= 11 is 0. The fourth-order valence-corrected chi connectivity index (χ4v) is 3.14. The first-order chi connectivity index (χ1) is 14.3. The second kappa shape index (κ2) is 9.49. The third-order valence-corrected chi connectivity index (χ3v) is 4.88. The summed E-state index contributed by atoms with van der Waals surface area (Å²) < 4.78 is 19.7. The Morgan fingerprint density at radius 1 is 1.23 bits per heavy atom. The molecule has 160 valence electrons. The third kappa shape index (κ3) is 5.20. The van der Waals surface area contributed by atoms with E-state index in [0.29, 0.717) is 18.8 Å². The monoisotopic (exact) mass is 417 g/mol. The van der Waals surface area contributed by atoms with Crippen molar-refractivity contribution in [2.45, 2.75) is 6.04 Å². The summed E-state index contributed by atoms with van der Waals surface area (Å²) in [6.07, 6.45) is 0. The number of nitrogens with zero attached hydrogens (tertiary/aromatic N) is 4. The highest BCUT2D eigenvalue weighted by molar-refractivity contribution is 5.93. The molecule has 0 saturated carbocycles. The molecule has 1 atom stereocenters. The lowest BCUT2D eigenvalue weighted by Crippen LogP contribution is -2.59. The Morgan fingerprint density at radius 2 is 2.03 bits per heavy atom. The van der Waals surface area contributed by atoms with Crippen LogP contribution in [0.25, 0.3) is 0 Å². The minimum absolute atomic E-state index is 0.157. The van der Waals surface area contributed by atoms with Gasteiger partial charge in [-0.05, 0) is 25.2 Å². The van der Waals surface area contributed by atoms with Crippen LogP contribution in [0.3, 0.4) is 0 Å². The Labute approximate surface area is 173 Å². The Bertz CT molecular complexity index is 980. The molecule has 3 rings (SSSR count). The van der Waals surface area contributed by atoms with Gasteiger partial charge in [0.15, 0.2) is 0 Å². The van der Waals surface area contributed by atoms with Crippen molar-refractivity contribution in [3.05, 3.63) is 58.3 Å². The van der Waals surface area contributed by atoms with Crippen molar-refractivity contribution >= 4 is 11.8 Å². The summed E-state index contributed by atoms with van der Waals surface area (Å²) in [5.41, 5.74) is -0.146. The van der Waals surface area contributed by atoms with Gasteiger partial charge in [-0.2, -0.15) is 5.10 Å². The first kappa shape index (κ1) is 21.4. The molecule has 1 aliphatic heterocycles. The van der Waals surface area contributed by atoms with Gasteiger partial charge < -0.3 is 15.0 Å². The number of rotatable bonds is 6. The number of hydrogen-bond acceptors (Lipinski definition) is 6. The van der Waals surface area contributed by atoms with Crippen molar-refractivity contribution in [1.29, 1.82) is 0 Å². The molecular formula is C20H24FN5O4. The van der Waals surface area contributed by atoms with Gasteiger partial charge in [0, 0.05) is 38.8 Å². The summed E-state index contributed by atoms with van der Waals surface area (Å²) in [5, 5.41) is 6.77. The lowest BCUT2D eigenvalue weighted by molar-refractivity contribution is -0.127. The number of carbonyl (C=O) groups is 2. The SMILES string of the molecule is CN1CCN(C(=O)c2ccc(=O)n(C)n2)C[C@H]1C(=O)NCCOc1cccc(F)c1. The number of aromatic nitrogens is 2. The van der Waals surface area contributed by atoms with Crippen molar-refractivity contribution in [2.24, 2.45) is 7.05 Å². The van der Waals surface area contributed by atoms with Gasteiger partial charge in [0.1, 0.15) is 29.9 Å². The molecule has 9 nitrogen and oxygen atoms in total. The molecule has 0 radical (unpaired) electrons. The molecule has 0 spiro atoms. The molecule has 1 saturated heterocycles. The molecule has 30 heavy (non-hydrogen) atoms. The Morgan fingerprint density at radius 3 is 2.77 bits per heavy atom. The normalized spacial score (nSPS) is 16.9. The topological polar surface area (TPSA) is 96.8 Å². The van der Waals surface area contributed by atoms with Gasteiger partial charge in [-0.15, -0.1) is 0 Å². The first-order valence-corrected chi connectivity index (χ1v) is 9.55. The van der Waals surface area contributed by atoms with Gasteiger partial charge in [0.2, 0.25) is 5.91 Å². The van der Waals surface area contributed by atoms with Crippen LogP contribution >= 0.6 is 0 Å². The van der Waals surface area contributed by atoms with Crippen LogP contribution in [0.1, 0.15) is 10.5 Å². The van der Waals surface area contributed by atoms with E-state index in [1.807, 2.05) is 11.9 Å². The minimum Gasteiger partial charge on any atom is -0.492 e. The lowest BCUT2D eigenvalue weighted by atomic mass is 10.1. The molecule has 1 fully saturated rings. The fourth-order valence-electron chi connectivity index (χ4n) is 3.14. The number of amides is 2. The Hall–Kier alpha value is -3.27. The Kier molecular flexibility index (Phi) is 6.78. The van der Waals surface area contributed by atoms with Crippen molar-refractivity contribution in [3.63, 3.8) is 0 Å². The zero-order chi connectivity index (χ0) is 21.7. The molecule has 10 heteroatoms. The minimum atomic E-state index is -0.524. The van der Waals surface area contributed by atoms with E-state index in [1.54, 1.807) is 17.0 Å². The highest BCUT2D eigenvalue weighted by atomic mass is 19.1. The molecular weight excluding hydrogens is 393 g/mol. The average molecular weight is 417 g/mol. The number of aryl methyl sites for hydroxylation is 1. The van der Waals surface area contributed by atoms with E-state index in [4.69, 9.17) is 4.74 Å². The molecule has 2 aromatic rings. The molecule has 2 heterocycles. The van der Waals surface area contributed by atoms with Gasteiger partial charge >= 0.3 is 0 Å². The number of ether oxygens (including phenoxy) is 1. The van der Waals surface area contributed by atoms with E-state index in [-0.39, 0.29) is 42.8 Å². The second-order valence-corrected chi connectivity index (χ2v) is 7.02. The highest BCUT2D eigenvalue weighted by Gasteiger charge is 2.33. The van der Waals surface area contributed by atoms with Crippen LogP contribution in [0.15, 0.2) is 41.2 Å². The molecule has 1 aromatic heterocycles. The smallest absolute Gasteiger partial charge is 0.274 e. The average Bonchev–Trinajstić information content (AvgIpc) is 2.73.